The van der Waals surface area contributed by atoms with E-state index >= 15 is 0 Å². The Morgan fingerprint density at radius 1 is 1.18 bits per heavy atom. The number of rotatable bonds is 8. The van der Waals surface area contributed by atoms with Crippen LogP contribution in [0.2, 0.25) is 0 Å². The highest BCUT2D eigenvalue weighted by molar-refractivity contribution is 5.98. The Hall–Kier alpha value is -3.94. The molecular formula is C20H22F3N9O2. The molecule has 1 aliphatic carbocycles. The zero-order valence-electron chi connectivity index (χ0n) is 17.8. The molecule has 2 atom stereocenters. The van der Waals surface area contributed by atoms with Crippen molar-refractivity contribution in [3.05, 3.63) is 42.1 Å². The number of anilines is 3. The minimum absolute atomic E-state index is 0.00966. The lowest BCUT2D eigenvalue weighted by Gasteiger charge is -2.30. The van der Waals surface area contributed by atoms with Crippen LogP contribution in [0.15, 0.2) is 30.7 Å². The number of carbonyl (C=O) groups is 1. The van der Waals surface area contributed by atoms with E-state index in [1.807, 2.05) is 0 Å². The van der Waals surface area contributed by atoms with Crippen LogP contribution < -0.4 is 26.8 Å². The molecule has 0 aliphatic heterocycles. The van der Waals surface area contributed by atoms with Crippen molar-refractivity contribution >= 4 is 23.2 Å². The molecule has 0 radical (unpaired) electrons. The van der Waals surface area contributed by atoms with Gasteiger partial charge < -0.3 is 26.8 Å². The number of halogens is 3. The second kappa shape index (κ2) is 9.91. The highest BCUT2D eigenvalue weighted by Gasteiger charge is 2.25. The average molecular weight is 477 g/mol. The Balaban J connectivity index is 1.68. The predicted octanol–water partition coefficient (Wildman–Crippen LogP) is 2.32. The molecule has 11 nitrogen and oxygen atoms in total. The lowest BCUT2D eigenvalue weighted by molar-refractivity contribution is -0.0529. The van der Waals surface area contributed by atoms with Gasteiger partial charge in [0.05, 0.1) is 29.8 Å². The Morgan fingerprint density at radius 3 is 2.59 bits per heavy atom. The average Bonchev–Trinajstić information content (AvgIpc) is 3.32. The van der Waals surface area contributed by atoms with Crippen LogP contribution in [0.3, 0.4) is 0 Å². The molecule has 1 saturated carbocycles. The normalized spacial score (nSPS) is 18.0. The van der Waals surface area contributed by atoms with Crippen LogP contribution in [0.25, 0.3) is 5.69 Å². The predicted molar refractivity (Wildman–Crippen MR) is 116 cm³/mol. The molecule has 1 amide bonds. The maximum atomic E-state index is 14.7. The monoisotopic (exact) mass is 477 g/mol. The van der Waals surface area contributed by atoms with Crippen LogP contribution in [-0.2, 0) is 0 Å². The van der Waals surface area contributed by atoms with E-state index in [1.54, 1.807) is 0 Å². The van der Waals surface area contributed by atoms with Gasteiger partial charge in [-0.15, -0.1) is 4.80 Å². The van der Waals surface area contributed by atoms with Crippen LogP contribution >= 0.6 is 0 Å². The van der Waals surface area contributed by atoms with E-state index in [9.17, 15) is 18.0 Å². The fourth-order valence-electron chi connectivity index (χ4n) is 3.69. The van der Waals surface area contributed by atoms with Crippen LogP contribution in [-0.4, -0.2) is 49.6 Å². The quantitative estimate of drug-likeness (QED) is 0.382. The molecule has 3 heterocycles. The molecule has 0 unspecified atom stereocenters. The summed E-state index contributed by atoms with van der Waals surface area (Å²) in [5, 5.41) is 13.6. The zero-order valence-corrected chi connectivity index (χ0v) is 17.8. The summed E-state index contributed by atoms with van der Waals surface area (Å²) in [6, 6.07) is 1.96. The second-order valence-corrected chi connectivity index (χ2v) is 7.65. The number of nitrogens with two attached hydrogens (primary N) is 2. The number of primary amides is 1. The van der Waals surface area contributed by atoms with Gasteiger partial charge >= 0.3 is 6.61 Å². The molecule has 6 N–H and O–H groups in total. The first-order valence-corrected chi connectivity index (χ1v) is 10.4. The molecule has 0 spiro atoms. The van der Waals surface area contributed by atoms with Gasteiger partial charge in [0.25, 0.3) is 5.91 Å². The van der Waals surface area contributed by atoms with Crippen LogP contribution in [0.4, 0.5) is 30.5 Å². The molecule has 34 heavy (non-hydrogen) atoms. The zero-order chi connectivity index (χ0) is 24.2. The van der Waals surface area contributed by atoms with E-state index in [-0.39, 0.29) is 40.7 Å². The molecule has 1 aliphatic rings. The number of hydrogen-bond donors (Lipinski definition) is 4. The van der Waals surface area contributed by atoms with Gasteiger partial charge in [0.2, 0.25) is 5.88 Å². The lowest BCUT2D eigenvalue weighted by Crippen LogP contribution is -2.43. The fraction of sp³-hybridized carbons (Fsp3) is 0.350. The number of amides is 1. The fourth-order valence-corrected chi connectivity index (χ4v) is 3.69. The number of aromatic nitrogens is 5. The molecule has 180 valence electrons. The first-order valence-electron chi connectivity index (χ1n) is 10.4. The minimum atomic E-state index is -3.12. The smallest absolute Gasteiger partial charge is 0.388 e. The first kappa shape index (κ1) is 23.2. The second-order valence-electron chi connectivity index (χ2n) is 7.65. The van der Waals surface area contributed by atoms with Crippen molar-refractivity contribution in [3.63, 3.8) is 0 Å². The standard InChI is InChI=1S/C20H22F3N9O2/c21-12-8-11(16(25)33)17(31-18(12)30-14-4-2-1-3-13(14)24)29-10-7-15(32-27-5-6-28-32)19(26-9-10)34-20(22)23/h5-9,13-14,20H,1-4,24H2,(H2,25,33)(H2,29,30,31)/t13-,14+/m0/s1. The number of nitrogens with zero attached hydrogens (tertiary/aromatic N) is 5. The van der Waals surface area contributed by atoms with Gasteiger partial charge in [0.1, 0.15) is 11.5 Å². The Kier molecular flexibility index (Phi) is 6.77. The Morgan fingerprint density at radius 2 is 1.91 bits per heavy atom. The number of pyridine rings is 2. The molecule has 0 bridgehead atoms. The number of nitrogens with one attached hydrogen (secondary N) is 2. The van der Waals surface area contributed by atoms with Crippen molar-refractivity contribution in [1.82, 2.24) is 25.0 Å². The topological polar surface area (TPSA) is 159 Å². The molecule has 0 aromatic carbocycles. The van der Waals surface area contributed by atoms with Crippen LogP contribution in [0, 0.1) is 5.82 Å². The molecule has 3 aromatic rings. The Bertz CT molecular complexity index is 1160. The van der Waals surface area contributed by atoms with Crippen LogP contribution in [0.5, 0.6) is 5.88 Å². The molecule has 4 rings (SSSR count). The van der Waals surface area contributed by atoms with Crippen molar-refractivity contribution in [3.8, 4) is 11.6 Å². The molecule has 14 heteroatoms. The number of hydrogen-bond acceptors (Lipinski definition) is 9. The number of carbonyl (C=O) groups excluding carboxylic acids is 1. The molecule has 0 saturated heterocycles. The lowest BCUT2D eigenvalue weighted by atomic mass is 9.91. The molecule has 3 aromatic heterocycles. The van der Waals surface area contributed by atoms with Gasteiger partial charge in [-0.2, -0.15) is 19.0 Å². The van der Waals surface area contributed by atoms with E-state index in [1.165, 1.54) is 24.7 Å². The Labute approximate surface area is 191 Å². The van der Waals surface area contributed by atoms with Crippen molar-refractivity contribution in [2.75, 3.05) is 10.6 Å². The third-order valence-electron chi connectivity index (χ3n) is 5.31. The van der Waals surface area contributed by atoms with Gasteiger partial charge in [-0.3, -0.25) is 4.79 Å². The summed E-state index contributed by atoms with van der Waals surface area (Å²) < 4.78 is 44.7. The van der Waals surface area contributed by atoms with Gasteiger partial charge in [0, 0.05) is 12.1 Å². The SMILES string of the molecule is NC(=O)c1cc(F)c(N[C@@H]2CCCC[C@@H]2N)nc1Nc1cnc(OC(F)F)c(-n2nccn2)c1. The highest BCUT2D eigenvalue weighted by atomic mass is 19.3. The van der Waals surface area contributed by atoms with Gasteiger partial charge in [0.15, 0.2) is 11.6 Å². The van der Waals surface area contributed by atoms with Crippen LogP contribution in [0.1, 0.15) is 36.0 Å². The van der Waals surface area contributed by atoms with E-state index in [2.05, 4.69) is 35.5 Å². The van der Waals surface area contributed by atoms with Crippen molar-refractivity contribution < 1.29 is 22.7 Å². The summed E-state index contributed by atoms with van der Waals surface area (Å²) in [6.07, 6.45) is 7.34. The van der Waals surface area contributed by atoms with E-state index in [0.29, 0.717) is 0 Å². The molecular weight excluding hydrogens is 455 g/mol. The van der Waals surface area contributed by atoms with Crippen molar-refractivity contribution in [1.29, 1.82) is 0 Å². The summed E-state index contributed by atoms with van der Waals surface area (Å²) >= 11 is 0. The van der Waals surface area contributed by atoms with Gasteiger partial charge in [-0.1, -0.05) is 12.8 Å². The maximum absolute atomic E-state index is 14.7. The number of alkyl halides is 2. The maximum Gasteiger partial charge on any atom is 0.388 e. The summed E-state index contributed by atoms with van der Waals surface area (Å²) in [5.41, 5.74) is 11.5. The minimum Gasteiger partial charge on any atom is -0.415 e. The first-order chi connectivity index (χ1) is 16.3. The summed E-state index contributed by atoms with van der Waals surface area (Å²) in [6.45, 7) is -3.12. The number of ether oxygens (including phenoxy) is 1. The third-order valence-corrected chi connectivity index (χ3v) is 5.31. The van der Waals surface area contributed by atoms with Crippen molar-refractivity contribution in [2.45, 2.75) is 44.4 Å². The summed E-state index contributed by atoms with van der Waals surface area (Å²) in [5.74, 6) is -2.28. The van der Waals surface area contributed by atoms with E-state index in [4.69, 9.17) is 11.5 Å². The largest absolute Gasteiger partial charge is 0.415 e. The third kappa shape index (κ3) is 5.17. The van der Waals surface area contributed by atoms with E-state index in [0.717, 1.165) is 36.5 Å². The van der Waals surface area contributed by atoms with Gasteiger partial charge in [-0.05, 0) is 25.0 Å². The summed E-state index contributed by atoms with van der Waals surface area (Å²) in [7, 11) is 0. The van der Waals surface area contributed by atoms with E-state index < -0.39 is 24.2 Å². The molecule has 1 fully saturated rings. The highest BCUT2D eigenvalue weighted by Crippen LogP contribution is 2.29. The summed E-state index contributed by atoms with van der Waals surface area (Å²) in [4.78, 5) is 21.0. The van der Waals surface area contributed by atoms with Gasteiger partial charge in [-0.25, -0.2) is 14.4 Å². The van der Waals surface area contributed by atoms with Crippen molar-refractivity contribution in [2.24, 2.45) is 11.5 Å².